The quantitative estimate of drug-likeness (QED) is 0.765. The van der Waals surface area contributed by atoms with Crippen LogP contribution in [0.25, 0.3) is 0 Å². The minimum atomic E-state index is -0.287. The third kappa shape index (κ3) is 2.20. The molecule has 0 saturated heterocycles. The van der Waals surface area contributed by atoms with Gasteiger partial charge in [-0.3, -0.25) is 4.79 Å². The zero-order valence-electron chi connectivity index (χ0n) is 11.0. The lowest BCUT2D eigenvalue weighted by atomic mass is 9.64. The van der Waals surface area contributed by atoms with E-state index in [2.05, 4.69) is 20.4 Å². The number of Topliss-reactive ketones (excluding diaryl/α,β-unsaturated/α-hetero) is 1. The Morgan fingerprint density at radius 1 is 1.41 bits per heavy atom. The molecule has 0 aromatic heterocycles. The summed E-state index contributed by atoms with van der Waals surface area (Å²) in [6.07, 6.45) is 4.36. The number of ketones is 1. The van der Waals surface area contributed by atoms with Crippen LogP contribution in [0.4, 0.5) is 0 Å². The molecule has 0 unspecified atom stereocenters. The molecule has 96 valence electrons. The third-order valence-corrected chi connectivity index (χ3v) is 4.96. The second-order valence-corrected chi connectivity index (χ2v) is 6.10. The summed E-state index contributed by atoms with van der Waals surface area (Å²) < 4.78 is 0. The maximum atomic E-state index is 11.9. The van der Waals surface area contributed by atoms with Crippen LogP contribution >= 0.6 is 0 Å². The van der Waals surface area contributed by atoms with Crippen LogP contribution in [0.2, 0.25) is 0 Å². The maximum Gasteiger partial charge on any atom is 0.161 e. The minimum absolute atomic E-state index is 0.0536. The third-order valence-electron chi connectivity index (χ3n) is 4.96. The number of rotatable bonds is 3. The molecule has 0 amide bonds. The number of fused-ring (bicyclic) bond motifs is 1. The van der Waals surface area contributed by atoms with Crippen LogP contribution in [0.1, 0.15) is 39.5 Å². The van der Waals surface area contributed by atoms with E-state index in [-0.39, 0.29) is 18.3 Å². The summed E-state index contributed by atoms with van der Waals surface area (Å²) in [7, 11) is 0. The number of allylic oxidation sites excluding steroid dienone is 1. The van der Waals surface area contributed by atoms with E-state index in [1.54, 1.807) is 0 Å². The number of aliphatic hydroxyl groups is 1. The molecule has 17 heavy (non-hydrogen) atoms. The predicted octanol–water partition coefficient (Wildman–Crippen LogP) is 2.81. The molecule has 0 aromatic carbocycles. The first-order valence-electron chi connectivity index (χ1n) is 6.87. The first kappa shape index (κ1) is 12.8. The Labute approximate surface area is 104 Å². The van der Waals surface area contributed by atoms with Gasteiger partial charge in [0, 0.05) is 5.92 Å². The molecule has 2 aliphatic carbocycles. The summed E-state index contributed by atoms with van der Waals surface area (Å²) >= 11 is 0. The fraction of sp³-hybridized carbons (Fsp3) is 0.800. The molecule has 0 aromatic rings. The second kappa shape index (κ2) is 4.93. The Morgan fingerprint density at radius 3 is 2.71 bits per heavy atom. The molecule has 2 nitrogen and oxygen atoms in total. The van der Waals surface area contributed by atoms with E-state index >= 15 is 0 Å². The van der Waals surface area contributed by atoms with E-state index in [0.717, 1.165) is 19.3 Å². The lowest BCUT2D eigenvalue weighted by Gasteiger charge is -2.40. The largest absolute Gasteiger partial charge is 0.389 e. The van der Waals surface area contributed by atoms with Gasteiger partial charge >= 0.3 is 0 Å². The number of hydrogen-bond donors (Lipinski definition) is 1. The van der Waals surface area contributed by atoms with Crippen molar-refractivity contribution in [3.63, 3.8) is 0 Å². The topological polar surface area (TPSA) is 37.3 Å². The van der Waals surface area contributed by atoms with Crippen LogP contribution in [0.5, 0.6) is 0 Å². The Balaban J connectivity index is 2.23. The van der Waals surface area contributed by atoms with E-state index in [9.17, 15) is 4.79 Å². The standard InChI is InChI=1S/C15H24O2/c1-9(2)11-5-4-10(3)12-6-7-13(15(11)12)14(17)8-16/h9,11-13,15-16H,3-8H2,1-2H3/t11-,12-,13+,15+/m0/s1. The van der Waals surface area contributed by atoms with Crippen molar-refractivity contribution in [2.75, 3.05) is 6.61 Å². The van der Waals surface area contributed by atoms with E-state index in [4.69, 9.17) is 5.11 Å². The zero-order valence-corrected chi connectivity index (χ0v) is 11.0. The normalized spacial score (nSPS) is 37.3. The summed E-state index contributed by atoms with van der Waals surface area (Å²) in [5.41, 5.74) is 1.35. The molecular weight excluding hydrogens is 212 g/mol. The average Bonchev–Trinajstić information content (AvgIpc) is 2.73. The van der Waals surface area contributed by atoms with Gasteiger partial charge in [-0.25, -0.2) is 0 Å². The van der Waals surface area contributed by atoms with Gasteiger partial charge in [0.25, 0.3) is 0 Å². The zero-order chi connectivity index (χ0) is 12.6. The number of aliphatic hydroxyl groups excluding tert-OH is 1. The minimum Gasteiger partial charge on any atom is -0.389 e. The molecule has 2 rings (SSSR count). The lowest BCUT2D eigenvalue weighted by Crippen LogP contribution is -2.36. The van der Waals surface area contributed by atoms with Crippen molar-refractivity contribution in [2.24, 2.45) is 29.6 Å². The van der Waals surface area contributed by atoms with E-state index in [1.165, 1.54) is 12.0 Å². The summed E-state index contributed by atoms with van der Waals surface area (Å²) in [5, 5.41) is 9.10. The first-order chi connectivity index (χ1) is 8.06. The monoisotopic (exact) mass is 236 g/mol. The number of carbonyl (C=O) groups is 1. The van der Waals surface area contributed by atoms with Crippen LogP contribution in [0.15, 0.2) is 12.2 Å². The Hall–Kier alpha value is -0.630. The highest BCUT2D eigenvalue weighted by atomic mass is 16.3. The molecule has 0 aliphatic heterocycles. The van der Waals surface area contributed by atoms with Crippen molar-refractivity contribution in [1.82, 2.24) is 0 Å². The van der Waals surface area contributed by atoms with Crippen molar-refractivity contribution < 1.29 is 9.90 Å². The highest BCUT2D eigenvalue weighted by Gasteiger charge is 2.47. The van der Waals surface area contributed by atoms with Crippen LogP contribution in [0.3, 0.4) is 0 Å². The van der Waals surface area contributed by atoms with Gasteiger partial charge in [0.05, 0.1) is 0 Å². The van der Waals surface area contributed by atoms with E-state index < -0.39 is 0 Å². The van der Waals surface area contributed by atoms with E-state index in [0.29, 0.717) is 23.7 Å². The fourth-order valence-electron chi connectivity index (χ4n) is 4.10. The van der Waals surface area contributed by atoms with Crippen LogP contribution in [-0.2, 0) is 4.79 Å². The van der Waals surface area contributed by atoms with Crippen molar-refractivity contribution >= 4 is 5.78 Å². The summed E-state index contributed by atoms with van der Waals surface area (Å²) in [4.78, 5) is 11.9. The smallest absolute Gasteiger partial charge is 0.161 e. The molecule has 4 atom stereocenters. The van der Waals surface area contributed by atoms with Gasteiger partial charge in [-0.1, -0.05) is 26.0 Å². The molecule has 1 N–H and O–H groups in total. The van der Waals surface area contributed by atoms with Gasteiger partial charge in [-0.05, 0) is 49.4 Å². The highest BCUT2D eigenvalue weighted by molar-refractivity contribution is 5.82. The van der Waals surface area contributed by atoms with Crippen LogP contribution < -0.4 is 0 Å². The number of hydrogen-bond acceptors (Lipinski definition) is 2. The Kier molecular flexibility index (Phi) is 3.72. The number of carbonyl (C=O) groups excluding carboxylic acids is 1. The Morgan fingerprint density at radius 2 is 2.12 bits per heavy atom. The molecule has 2 saturated carbocycles. The molecule has 2 aliphatic rings. The summed E-state index contributed by atoms with van der Waals surface area (Å²) in [6, 6.07) is 0. The first-order valence-corrected chi connectivity index (χ1v) is 6.87. The van der Waals surface area contributed by atoms with Crippen molar-refractivity contribution in [1.29, 1.82) is 0 Å². The van der Waals surface area contributed by atoms with Gasteiger partial charge in [-0.15, -0.1) is 0 Å². The second-order valence-electron chi connectivity index (χ2n) is 6.10. The molecular formula is C15H24O2. The predicted molar refractivity (Wildman–Crippen MR) is 68.5 cm³/mol. The lowest BCUT2D eigenvalue weighted by molar-refractivity contribution is -0.128. The maximum absolute atomic E-state index is 11.9. The van der Waals surface area contributed by atoms with Crippen LogP contribution in [0, 0.1) is 29.6 Å². The molecule has 2 fully saturated rings. The average molecular weight is 236 g/mol. The van der Waals surface area contributed by atoms with Crippen molar-refractivity contribution in [2.45, 2.75) is 39.5 Å². The Bertz CT molecular complexity index is 319. The van der Waals surface area contributed by atoms with E-state index in [1.807, 2.05) is 0 Å². The SMILES string of the molecule is C=C1CC[C@@H](C(C)C)[C@H]2[C@@H](C(=O)CO)CC[C@@H]12. The molecule has 0 bridgehead atoms. The van der Waals surface area contributed by atoms with Gasteiger partial charge < -0.3 is 5.11 Å². The summed E-state index contributed by atoms with van der Waals surface area (Å²) in [5.74, 6) is 2.40. The molecule has 0 spiro atoms. The van der Waals surface area contributed by atoms with Crippen LogP contribution in [-0.4, -0.2) is 17.5 Å². The molecule has 2 heteroatoms. The fourth-order valence-corrected chi connectivity index (χ4v) is 4.10. The molecule has 0 heterocycles. The van der Waals surface area contributed by atoms with Gasteiger partial charge in [0.2, 0.25) is 0 Å². The molecule has 0 radical (unpaired) electrons. The summed E-state index contributed by atoms with van der Waals surface area (Å²) in [6.45, 7) is 8.43. The van der Waals surface area contributed by atoms with Crippen molar-refractivity contribution in [3.8, 4) is 0 Å². The van der Waals surface area contributed by atoms with Gasteiger partial charge in [0.1, 0.15) is 6.61 Å². The van der Waals surface area contributed by atoms with Gasteiger partial charge in [-0.2, -0.15) is 0 Å². The van der Waals surface area contributed by atoms with Gasteiger partial charge in [0.15, 0.2) is 5.78 Å². The van der Waals surface area contributed by atoms with Crippen molar-refractivity contribution in [3.05, 3.63) is 12.2 Å². The highest BCUT2D eigenvalue weighted by Crippen LogP contribution is 2.52.